The molecule has 2 heterocycles. The molecule has 0 bridgehead atoms. The number of nitrogens with two attached hydrogens (primary N) is 1. The Hall–Kier alpha value is -2.55. The number of nitrogen functional groups attached to an aromatic ring is 1. The van der Waals surface area contributed by atoms with Crippen LogP contribution in [0.3, 0.4) is 0 Å². The van der Waals surface area contributed by atoms with Crippen LogP contribution in [0.25, 0.3) is 10.9 Å². The summed E-state index contributed by atoms with van der Waals surface area (Å²) >= 11 is 0. The fourth-order valence-electron chi connectivity index (χ4n) is 3.01. The predicted octanol–water partition coefficient (Wildman–Crippen LogP) is 2.93. The van der Waals surface area contributed by atoms with Crippen LogP contribution in [-0.2, 0) is 6.42 Å². The molecule has 0 radical (unpaired) electrons. The van der Waals surface area contributed by atoms with Gasteiger partial charge in [0.2, 0.25) is 0 Å². The van der Waals surface area contributed by atoms with E-state index in [1.54, 1.807) is 0 Å². The Morgan fingerprint density at radius 3 is 2.55 bits per heavy atom. The standard InChI is InChI=1S/C17H15N3/c18-16-13-8-4-5-9-15(13)19-17-14(16)10-11-20(17)12-6-2-1-3-7-12/h1-9H,10-11H2,(H2,18,19)/p+1. The average Bonchev–Trinajstić information content (AvgIpc) is 2.92. The summed E-state index contributed by atoms with van der Waals surface area (Å²) in [4.78, 5) is 5.85. The van der Waals surface area contributed by atoms with Gasteiger partial charge in [-0.05, 0) is 24.3 Å². The lowest BCUT2D eigenvalue weighted by atomic mass is 10.1. The van der Waals surface area contributed by atoms with E-state index in [-0.39, 0.29) is 0 Å². The second-order valence-corrected chi connectivity index (χ2v) is 5.15. The molecule has 3 aromatic rings. The molecule has 2 aromatic carbocycles. The van der Waals surface area contributed by atoms with Gasteiger partial charge >= 0.3 is 0 Å². The summed E-state index contributed by atoms with van der Waals surface area (Å²) in [5.41, 5.74) is 10.8. The van der Waals surface area contributed by atoms with Crippen LogP contribution in [0.2, 0.25) is 0 Å². The number of aromatic nitrogens is 1. The highest BCUT2D eigenvalue weighted by Gasteiger charge is 2.32. The van der Waals surface area contributed by atoms with E-state index in [0.717, 1.165) is 35.4 Å². The van der Waals surface area contributed by atoms with E-state index < -0.39 is 0 Å². The van der Waals surface area contributed by atoms with Crippen LogP contribution in [-0.4, -0.2) is 6.54 Å². The first-order valence-corrected chi connectivity index (χ1v) is 6.89. The van der Waals surface area contributed by atoms with Gasteiger partial charge < -0.3 is 5.73 Å². The molecule has 3 heteroatoms. The van der Waals surface area contributed by atoms with Crippen LogP contribution in [0.5, 0.6) is 0 Å². The lowest BCUT2D eigenvalue weighted by Crippen LogP contribution is -2.21. The Morgan fingerprint density at radius 1 is 0.950 bits per heavy atom. The molecule has 0 spiro atoms. The zero-order valence-electron chi connectivity index (χ0n) is 11.1. The van der Waals surface area contributed by atoms with Crippen molar-refractivity contribution in [2.75, 3.05) is 17.2 Å². The molecule has 98 valence electrons. The number of hydrogen-bond acceptors (Lipinski definition) is 2. The molecule has 0 saturated heterocycles. The number of pyridine rings is 1. The molecule has 1 aliphatic heterocycles. The molecular weight excluding hydrogens is 246 g/mol. The van der Waals surface area contributed by atoms with Gasteiger partial charge in [0, 0.05) is 11.8 Å². The highest BCUT2D eigenvalue weighted by molar-refractivity contribution is 5.92. The summed E-state index contributed by atoms with van der Waals surface area (Å²) in [6.45, 7) is 0.969. The largest absolute Gasteiger partial charge is 0.398 e. The highest BCUT2D eigenvalue weighted by atomic mass is 15.2. The Balaban J connectivity index is 1.94. The van der Waals surface area contributed by atoms with Gasteiger partial charge in [-0.3, -0.25) is 0 Å². The number of rotatable bonds is 1. The molecule has 3 N–H and O–H groups in total. The second kappa shape index (κ2) is 4.23. The van der Waals surface area contributed by atoms with E-state index in [4.69, 9.17) is 5.73 Å². The van der Waals surface area contributed by atoms with Crippen LogP contribution >= 0.6 is 0 Å². The van der Waals surface area contributed by atoms with Crippen molar-refractivity contribution in [2.45, 2.75) is 6.42 Å². The van der Waals surface area contributed by atoms with Gasteiger partial charge in [-0.2, -0.15) is 0 Å². The Labute approximate surface area is 117 Å². The predicted molar refractivity (Wildman–Crippen MR) is 82.1 cm³/mol. The summed E-state index contributed by atoms with van der Waals surface area (Å²) in [7, 11) is 0. The maximum Gasteiger partial charge on any atom is 0.285 e. The summed E-state index contributed by atoms with van der Waals surface area (Å²) < 4.78 is 0. The van der Waals surface area contributed by atoms with Crippen LogP contribution in [0.4, 0.5) is 17.2 Å². The Morgan fingerprint density at radius 2 is 1.70 bits per heavy atom. The third-order valence-electron chi connectivity index (χ3n) is 4.00. The number of para-hydroxylation sites is 2. The summed E-state index contributed by atoms with van der Waals surface area (Å²) in [5, 5.41) is 1.11. The highest BCUT2D eigenvalue weighted by Crippen LogP contribution is 2.36. The van der Waals surface area contributed by atoms with E-state index in [2.05, 4.69) is 46.3 Å². The zero-order valence-corrected chi connectivity index (χ0v) is 11.1. The SMILES string of the molecule is Nc1c2c([nH+]c3ccccc13)N(c1ccccc1)CC2. The van der Waals surface area contributed by atoms with E-state index >= 15 is 0 Å². The fourth-order valence-corrected chi connectivity index (χ4v) is 3.01. The van der Waals surface area contributed by atoms with E-state index in [9.17, 15) is 0 Å². The van der Waals surface area contributed by atoms with Crippen LogP contribution in [0.15, 0.2) is 54.6 Å². The van der Waals surface area contributed by atoms with Crippen molar-refractivity contribution in [3.05, 3.63) is 60.2 Å². The molecule has 4 rings (SSSR count). The lowest BCUT2D eigenvalue weighted by Gasteiger charge is -2.11. The Kier molecular flexibility index (Phi) is 2.39. The number of nitrogens with zero attached hydrogens (tertiary/aromatic N) is 1. The monoisotopic (exact) mass is 262 g/mol. The molecular formula is C17H16N3+. The van der Waals surface area contributed by atoms with Gasteiger partial charge in [-0.1, -0.05) is 30.3 Å². The first-order chi connectivity index (χ1) is 9.84. The van der Waals surface area contributed by atoms with Crippen molar-refractivity contribution in [3.8, 4) is 0 Å². The molecule has 0 aliphatic carbocycles. The summed E-state index contributed by atoms with van der Waals surface area (Å²) in [6, 6.07) is 18.7. The minimum Gasteiger partial charge on any atom is -0.398 e. The summed E-state index contributed by atoms with van der Waals surface area (Å²) in [5.74, 6) is 1.13. The molecule has 0 unspecified atom stereocenters. The van der Waals surface area contributed by atoms with Gasteiger partial charge in [-0.15, -0.1) is 0 Å². The van der Waals surface area contributed by atoms with Crippen LogP contribution < -0.4 is 15.6 Å². The summed E-state index contributed by atoms with van der Waals surface area (Å²) in [6.07, 6.45) is 0.984. The number of benzene rings is 2. The number of H-pyrrole nitrogens is 1. The Bertz CT molecular complexity index is 781. The van der Waals surface area contributed by atoms with Crippen molar-refractivity contribution in [2.24, 2.45) is 0 Å². The number of fused-ring (bicyclic) bond motifs is 2. The normalized spacial score (nSPS) is 13.7. The fraction of sp³-hybridized carbons (Fsp3) is 0.118. The third-order valence-corrected chi connectivity index (χ3v) is 4.00. The second-order valence-electron chi connectivity index (χ2n) is 5.15. The lowest BCUT2D eigenvalue weighted by molar-refractivity contribution is -0.329. The molecule has 20 heavy (non-hydrogen) atoms. The van der Waals surface area contributed by atoms with Crippen molar-refractivity contribution in [1.82, 2.24) is 0 Å². The van der Waals surface area contributed by atoms with Crippen molar-refractivity contribution in [3.63, 3.8) is 0 Å². The average molecular weight is 262 g/mol. The maximum absolute atomic E-state index is 6.36. The third kappa shape index (κ3) is 1.56. The number of aromatic amines is 1. The molecule has 3 nitrogen and oxygen atoms in total. The molecule has 1 aliphatic rings. The quantitative estimate of drug-likeness (QED) is 0.732. The molecule has 0 fully saturated rings. The van der Waals surface area contributed by atoms with Gasteiger partial charge in [0.25, 0.3) is 5.82 Å². The first kappa shape index (κ1) is 11.3. The van der Waals surface area contributed by atoms with Crippen LogP contribution in [0, 0.1) is 0 Å². The number of hydrogen-bond donors (Lipinski definition) is 1. The minimum absolute atomic E-state index is 0.910. The van der Waals surface area contributed by atoms with Crippen molar-refractivity contribution in [1.29, 1.82) is 0 Å². The van der Waals surface area contributed by atoms with Gasteiger partial charge in [-0.25, -0.2) is 9.88 Å². The molecule has 1 aromatic heterocycles. The van der Waals surface area contributed by atoms with Gasteiger partial charge in [0.15, 0.2) is 0 Å². The molecule has 0 saturated carbocycles. The number of anilines is 3. The van der Waals surface area contributed by atoms with Crippen molar-refractivity contribution >= 4 is 28.1 Å². The van der Waals surface area contributed by atoms with E-state index in [1.165, 1.54) is 11.3 Å². The topological polar surface area (TPSA) is 43.4 Å². The van der Waals surface area contributed by atoms with Gasteiger partial charge in [0.05, 0.1) is 17.8 Å². The zero-order chi connectivity index (χ0) is 13.5. The van der Waals surface area contributed by atoms with E-state index in [0.29, 0.717) is 0 Å². The van der Waals surface area contributed by atoms with Gasteiger partial charge in [0.1, 0.15) is 11.2 Å². The van der Waals surface area contributed by atoms with Crippen molar-refractivity contribution < 1.29 is 4.98 Å². The first-order valence-electron chi connectivity index (χ1n) is 6.89. The maximum atomic E-state index is 6.36. The molecule has 0 amide bonds. The minimum atomic E-state index is 0.910. The van der Waals surface area contributed by atoms with E-state index in [1.807, 2.05) is 18.2 Å². The van der Waals surface area contributed by atoms with Crippen LogP contribution in [0.1, 0.15) is 5.56 Å². The smallest absolute Gasteiger partial charge is 0.285 e. The molecule has 0 atom stereocenters. The number of nitrogens with one attached hydrogen (secondary N) is 1.